The third-order valence-corrected chi connectivity index (χ3v) is 6.52. The monoisotopic (exact) mass is 479 g/mol. The molecule has 0 spiro atoms. The molecule has 5 nitrogen and oxygen atoms in total. The summed E-state index contributed by atoms with van der Waals surface area (Å²) in [5.74, 6) is -0.676. The molecule has 1 heterocycles. The molecule has 1 aromatic heterocycles. The number of carbonyl (C=O) groups is 1. The van der Waals surface area contributed by atoms with E-state index in [1.54, 1.807) is 41.3 Å². The molecule has 0 fully saturated rings. The topological polar surface area (TPSA) is 55.2 Å². The highest BCUT2D eigenvalue weighted by Crippen LogP contribution is 2.26. The van der Waals surface area contributed by atoms with E-state index >= 15 is 0 Å². The van der Waals surface area contributed by atoms with Crippen LogP contribution >= 0.6 is 11.8 Å². The van der Waals surface area contributed by atoms with Crippen LogP contribution in [0.5, 0.6) is 0 Å². The van der Waals surface area contributed by atoms with E-state index in [0.29, 0.717) is 46.0 Å². The average Bonchev–Trinajstić information content (AvgIpc) is 2.85. The molecule has 0 saturated carbocycles. The number of amides is 1. The maximum absolute atomic E-state index is 14.2. The summed E-state index contributed by atoms with van der Waals surface area (Å²) in [5, 5.41) is 0.649. The van der Waals surface area contributed by atoms with Crippen molar-refractivity contribution in [2.24, 2.45) is 0 Å². The van der Waals surface area contributed by atoms with Crippen molar-refractivity contribution in [1.82, 2.24) is 14.5 Å². The number of aromatic nitrogens is 2. The first-order chi connectivity index (χ1) is 16.4. The van der Waals surface area contributed by atoms with Crippen molar-refractivity contribution >= 4 is 28.6 Å². The van der Waals surface area contributed by atoms with Crippen LogP contribution in [0.25, 0.3) is 16.6 Å². The van der Waals surface area contributed by atoms with Gasteiger partial charge in [-0.25, -0.2) is 13.8 Å². The van der Waals surface area contributed by atoms with Crippen molar-refractivity contribution in [3.63, 3.8) is 0 Å². The molecule has 0 bridgehead atoms. The smallest absolute Gasteiger partial charge is 0.266 e. The number of hydrogen-bond donors (Lipinski definition) is 0. The summed E-state index contributed by atoms with van der Waals surface area (Å²) in [4.78, 5) is 32.7. The molecule has 0 atom stereocenters. The second-order valence-electron chi connectivity index (χ2n) is 7.60. The Morgan fingerprint density at radius 3 is 2.38 bits per heavy atom. The number of hydrogen-bond acceptors (Lipinski definition) is 4. The van der Waals surface area contributed by atoms with Crippen LogP contribution in [0.3, 0.4) is 0 Å². The Balaban J connectivity index is 1.85. The van der Waals surface area contributed by atoms with Crippen LogP contribution in [-0.4, -0.2) is 33.4 Å². The van der Waals surface area contributed by atoms with E-state index in [9.17, 15) is 18.4 Å². The number of nitrogens with zero attached hydrogens (tertiary/aromatic N) is 3. The number of benzene rings is 3. The van der Waals surface area contributed by atoms with Gasteiger partial charge >= 0.3 is 0 Å². The standard InChI is InChI=1S/C26H23F2N3O2S/c1-3-30(4-2)24(32)17-9-14-21-23(15-17)29-26(34-16-18-7-5-6-8-22(18)28)31(25(21)33)20-12-10-19(27)11-13-20/h5-15H,3-4,16H2,1-2H3. The molecule has 8 heteroatoms. The number of thioether (sulfide) groups is 1. The van der Waals surface area contributed by atoms with Gasteiger partial charge in [-0.15, -0.1) is 0 Å². The Morgan fingerprint density at radius 1 is 1.00 bits per heavy atom. The summed E-state index contributed by atoms with van der Waals surface area (Å²) in [7, 11) is 0. The highest BCUT2D eigenvalue weighted by atomic mass is 32.2. The van der Waals surface area contributed by atoms with Gasteiger partial charge in [0, 0.05) is 24.4 Å². The zero-order valence-corrected chi connectivity index (χ0v) is 19.6. The molecule has 4 aromatic rings. The first-order valence-electron chi connectivity index (χ1n) is 10.9. The minimum absolute atomic E-state index is 0.142. The predicted molar refractivity (Wildman–Crippen MR) is 131 cm³/mol. The zero-order valence-electron chi connectivity index (χ0n) is 18.8. The molecule has 0 aliphatic carbocycles. The third-order valence-electron chi connectivity index (χ3n) is 5.54. The number of carbonyl (C=O) groups excluding carboxylic acids is 1. The van der Waals surface area contributed by atoms with Gasteiger partial charge in [-0.05, 0) is 67.9 Å². The Kier molecular flexibility index (Phi) is 7.07. The van der Waals surface area contributed by atoms with Crippen LogP contribution in [0.1, 0.15) is 29.8 Å². The minimum atomic E-state index is -0.425. The van der Waals surface area contributed by atoms with Gasteiger partial charge in [0.05, 0.1) is 16.6 Å². The van der Waals surface area contributed by atoms with E-state index in [1.807, 2.05) is 13.8 Å². The summed E-state index contributed by atoms with van der Waals surface area (Å²) in [6.07, 6.45) is 0. The summed E-state index contributed by atoms with van der Waals surface area (Å²) in [5.41, 5.74) is 1.37. The molecule has 0 saturated heterocycles. The highest BCUT2D eigenvalue weighted by molar-refractivity contribution is 7.98. The quantitative estimate of drug-likeness (QED) is 0.262. The fraction of sp³-hybridized carbons (Fsp3) is 0.192. The zero-order chi connectivity index (χ0) is 24.2. The van der Waals surface area contributed by atoms with Gasteiger partial charge in [-0.3, -0.25) is 14.2 Å². The maximum atomic E-state index is 14.2. The molecule has 1 amide bonds. The van der Waals surface area contributed by atoms with Crippen molar-refractivity contribution in [3.05, 3.63) is 99.8 Å². The fourth-order valence-electron chi connectivity index (χ4n) is 3.66. The van der Waals surface area contributed by atoms with Crippen molar-refractivity contribution in [2.75, 3.05) is 13.1 Å². The summed E-state index contributed by atoms with van der Waals surface area (Å²) in [6.45, 7) is 4.94. The van der Waals surface area contributed by atoms with Crippen molar-refractivity contribution in [3.8, 4) is 5.69 Å². The van der Waals surface area contributed by atoms with Crippen LogP contribution in [-0.2, 0) is 5.75 Å². The molecular weight excluding hydrogens is 456 g/mol. The molecule has 174 valence electrons. The molecule has 0 N–H and O–H groups in total. The van der Waals surface area contributed by atoms with Gasteiger partial charge in [0.2, 0.25) is 0 Å². The van der Waals surface area contributed by atoms with Crippen LogP contribution in [0, 0.1) is 11.6 Å². The largest absolute Gasteiger partial charge is 0.339 e. The number of rotatable bonds is 7. The van der Waals surface area contributed by atoms with Gasteiger partial charge in [-0.2, -0.15) is 0 Å². The van der Waals surface area contributed by atoms with Crippen molar-refractivity contribution in [1.29, 1.82) is 0 Å². The van der Waals surface area contributed by atoms with Gasteiger partial charge in [0.15, 0.2) is 5.16 Å². The number of fused-ring (bicyclic) bond motifs is 1. The fourth-order valence-corrected chi connectivity index (χ4v) is 4.66. The first-order valence-corrected chi connectivity index (χ1v) is 11.9. The van der Waals surface area contributed by atoms with Crippen LogP contribution < -0.4 is 5.56 Å². The van der Waals surface area contributed by atoms with E-state index in [-0.39, 0.29) is 23.0 Å². The Hall–Kier alpha value is -3.52. The summed E-state index contributed by atoms with van der Waals surface area (Å²) in [6, 6.07) is 16.7. The lowest BCUT2D eigenvalue weighted by Gasteiger charge is -2.19. The number of halogens is 2. The first kappa shape index (κ1) is 23.6. The normalized spacial score (nSPS) is 11.1. The Labute approximate surface area is 200 Å². The van der Waals surface area contributed by atoms with Gasteiger partial charge < -0.3 is 4.90 Å². The van der Waals surface area contributed by atoms with E-state index in [4.69, 9.17) is 0 Å². The molecular formula is C26H23F2N3O2S. The molecule has 3 aromatic carbocycles. The van der Waals surface area contributed by atoms with Gasteiger partial charge in [0.25, 0.3) is 11.5 Å². The molecule has 0 aliphatic heterocycles. The summed E-state index contributed by atoms with van der Waals surface area (Å²) < 4.78 is 29.1. The van der Waals surface area contributed by atoms with Crippen LogP contribution in [0.2, 0.25) is 0 Å². The minimum Gasteiger partial charge on any atom is -0.339 e. The summed E-state index contributed by atoms with van der Waals surface area (Å²) >= 11 is 1.19. The van der Waals surface area contributed by atoms with Gasteiger partial charge in [0.1, 0.15) is 11.6 Å². The molecule has 0 aliphatic rings. The molecule has 0 unspecified atom stereocenters. The van der Waals surface area contributed by atoms with Gasteiger partial charge in [-0.1, -0.05) is 30.0 Å². The Bertz CT molecular complexity index is 1400. The molecule has 0 radical (unpaired) electrons. The van der Waals surface area contributed by atoms with Crippen molar-refractivity contribution < 1.29 is 13.6 Å². The van der Waals surface area contributed by atoms with Crippen molar-refractivity contribution in [2.45, 2.75) is 24.8 Å². The Morgan fingerprint density at radius 2 is 1.71 bits per heavy atom. The average molecular weight is 480 g/mol. The lowest BCUT2D eigenvalue weighted by Crippen LogP contribution is -2.30. The van der Waals surface area contributed by atoms with Crippen LogP contribution in [0.15, 0.2) is 76.7 Å². The second-order valence-corrected chi connectivity index (χ2v) is 8.54. The SMILES string of the molecule is CCN(CC)C(=O)c1ccc2c(=O)n(-c3ccc(F)cc3)c(SCc3ccccc3F)nc2c1. The van der Waals surface area contributed by atoms with E-state index in [1.165, 1.54) is 46.7 Å². The van der Waals surface area contributed by atoms with E-state index in [0.717, 1.165) is 0 Å². The van der Waals surface area contributed by atoms with E-state index in [2.05, 4.69) is 4.98 Å². The second kappa shape index (κ2) is 10.2. The third kappa shape index (κ3) is 4.72. The lowest BCUT2D eigenvalue weighted by atomic mass is 10.1. The van der Waals surface area contributed by atoms with Crippen LogP contribution in [0.4, 0.5) is 8.78 Å². The highest BCUT2D eigenvalue weighted by Gasteiger charge is 2.18. The lowest BCUT2D eigenvalue weighted by molar-refractivity contribution is 0.0773. The molecule has 4 rings (SSSR count). The maximum Gasteiger partial charge on any atom is 0.266 e. The predicted octanol–water partition coefficient (Wildman–Crippen LogP) is 5.44. The van der Waals surface area contributed by atoms with E-state index < -0.39 is 5.82 Å². The molecule has 34 heavy (non-hydrogen) atoms.